The topological polar surface area (TPSA) is 54.5 Å². The highest BCUT2D eigenvalue weighted by Crippen LogP contribution is 2.26. The Morgan fingerprint density at radius 3 is 2.62 bits per heavy atom. The molecule has 1 aliphatic heterocycles. The molecular formula is C15H20N4O2. The van der Waals surface area contributed by atoms with E-state index >= 15 is 0 Å². The van der Waals surface area contributed by atoms with Crippen LogP contribution < -0.4 is 0 Å². The Bertz CT molecular complexity index is 644. The highest BCUT2D eigenvalue weighted by Gasteiger charge is 2.17. The number of hydrogen-bond acceptors (Lipinski definition) is 4. The van der Waals surface area contributed by atoms with Gasteiger partial charge in [0.05, 0.1) is 4.92 Å². The van der Waals surface area contributed by atoms with Crippen LogP contribution in [0.15, 0.2) is 30.5 Å². The second kappa shape index (κ2) is 5.83. The molecule has 0 saturated carbocycles. The molecule has 0 bridgehead atoms. The van der Waals surface area contributed by atoms with E-state index in [0.29, 0.717) is 0 Å². The molecule has 1 fully saturated rings. The molecule has 0 radical (unpaired) electrons. The van der Waals surface area contributed by atoms with Gasteiger partial charge in [-0.1, -0.05) is 12.1 Å². The zero-order valence-electron chi connectivity index (χ0n) is 12.2. The summed E-state index contributed by atoms with van der Waals surface area (Å²) in [5.74, 6) is 0. The number of piperazine rings is 1. The van der Waals surface area contributed by atoms with Crippen LogP contribution in [0.5, 0.6) is 0 Å². The predicted molar refractivity (Wildman–Crippen MR) is 82.5 cm³/mol. The van der Waals surface area contributed by atoms with Crippen molar-refractivity contribution in [3.05, 3.63) is 40.6 Å². The van der Waals surface area contributed by atoms with Gasteiger partial charge in [0.2, 0.25) is 0 Å². The molecule has 3 rings (SSSR count). The second-order valence-electron chi connectivity index (χ2n) is 5.63. The Morgan fingerprint density at radius 2 is 1.90 bits per heavy atom. The number of nitro groups is 1. The highest BCUT2D eigenvalue weighted by molar-refractivity contribution is 5.88. The first kappa shape index (κ1) is 14.0. The number of fused-ring (bicyclic) bond motifs is 1. The van der Waals surface area contributed by atoms with E-state index in [1.165, 1.54) is 0 Å². The van der Waals surface area contributed by atoms with Gasteiger partial charge in [0, 0.05) is 56.9 Å². The Balaban J connectivity index is 1.76. The molecule has 1 aliphatic rings. The zero-order valence-corrected chi connectivity index (χ0v) is 12.2. The van der Waals surface area contributed by atoms with E-state index in [1.807, 2.05) is 22.9 Å². The summed E-state index contributed by atoms with van der Waals surface area (Å²) in [6, 6.07) is 7.20. The van der Waals surface area contributed by atoms with Gasteiger partial charge in [-0.15, -0.1) is 0 Å². The first-order valence-electron chi connectivity index (χ1n) is 7.28. The minimum atomic E-state index is -0.297. The molecule has 6 nitrogen and oxygen atoms in total. The molecule has 1 aromatic heterocycles. The molecule has 1 aromatic carbocycles. The normalized spacial score (nSPS) is 17.4. The van der Waals surface area contributed by atoms with Crippen LogP contribution in [0.1, 0.15) is 0 Å². The zero-order chi connectivity index (χ0) is 14.8. The number of non-ortho nitro benzene ring substituents is 1. The highest BCUT2D eigenvalue weighted by atomic mass is 16.6. The number of nitrogens with zero attached hydrogens (tertiary/aromatic N) is 4. The molecule has 0 amide bonds. The van der Waals surface area contributed by atoms with Gasteiger partial charge >= 0.3 is 0 Å². The fraction of sp³-hybridized carbons (Fsp3) is 0.467. The summed E-state index contributed by atoms with van der Waals surface area (Å²) >= 11 is 0. The van der Waals surface area contributed by atoms with Crippen molar-refractivity contribution in [3.63, 3.8) is 0 Å². The molecule has 0 unspecified atom stereocenters. The Hall–Kier alpha value is -1.92. The standard InChI is InChI=1S/C15H20N4O2/c1-16-7-9-17(10-8-16)11-12-18-6-5-13-3-2-4-14(15(13)18)19(20)21/h2-6H,7-12H2,1H3. The van der Waals surface area contributed by atoms with Crippen LogP contribution in [0.3, 0.4) is 0 Å². The largest absolute Gasteiger partial charge is 0.341 e. The molecule has 0 atom stereocenters. The summed E-state index contributed by atoms with van der Waals surface area (Å²) in [6.45, 7) is 6.04. The average molecular weight is 288 g/mol. The number of hydrogen-bond donors (Lipinski definition) is 0. The quantitative estimate of drug-likeness (QED) is 0.636. The molecular weight excluding hydrogens is 268 g/mol. The summed E-state index contributed by atoms with van der Waals surface area (Å²) in [6.07, 6.45) is 1.95. The van der Waals surface area contributed by atoms with Gasteiger partial charge in [-0.2, -0.15) is 0 Å². The Morgan fingerprint density at radius 1 is 1.14 bits per heavy atom. The Labute approximate surface area is 123 Å². The third-order valence-corrected chi connectivity index (χ3v) is 4.22. The Kier molecular flexibility index (Phi) is 3.90. The maximum Gasteiger partial charge on any atom is 0.293 e. The molecule has 21 heavy (non-hydrogen) atoms. The molecule has 112 valence electrons. The third kappa shape index (κ3) is 2.91. The molecule has 6 heteroatoms. The molecule has 2 heterocycles. The monoisotopic (exact) mass is 288 g/mol. The van der Waals surface area contributed by atoms with E-state index in [0.717, 1.165) is 50.2 Å². The van der Waals surface area contributed by atoms with Gasteiger partial charge in [0.15, 0.2) is 0 Å². The molecule has 0 N–H and O–H groups in total. The molecule has 0 spiro atoms. The minimum Gasteiger partial charge on any atom is -0.341 e. The van der Waals surface area contributed by atoms with Crippen LogP contribution in [-0.2, 0) is 6.54 Å². The number of nitro benzene ring substituents is 1. The first-order valence-corrected chi connectivity index (χ1v) is 7.28. The van der Waals surface area contributed by atoms with Crippen molar-refractivity contribution in [2.24, 2.45) is 0 Å². The van der Waals surface area contributed by atoms with E-state index in [-0.39, 0.29) is 10.6 Å². The van der Waals surface area contributed by atoms with Crippen molar-refractivity contribution in [3.8, 4) is 0 Å². The maximum absolute atomic E-state index is 11.2. The average Bonchev–Trinajstić information content (AvgIpc) is 2.90. The number of aromatic nitrogens is 1. The summed E-state index contributed by atoms with van der Waals surface area (Å²) in [4.78, 5) is 15.6. The van der Waals surface area contributed by atoms with E-state index in [2.05, 4.69) is 16.8 Å². The van der Waals surface area contributed by atoms with Crippen molar-refractivity contribution in [1.29, 1.82) is 0 Å². The fourth-order valence-corrected chi connectivity index (χ4v) is 2.90. The van der Waals surface area contributed by atoms with Crippen molar-refractivity contribution in [1.82, 2.24) is 14.4 Å². The molecule has 2 aromatic rings. The van der Waals surface area contributed by atoms with Crippen LogP contribution >= 0.6 is 0 Å². The van der Waals surface area contributed by atoms with Crippen molar-refractivity contribution >= 4 is 16.6 Å². The van der Waals surface area contributed by atoms with E-state index in [9.17, 15) is 10.1 Å². The van der Waals surface area contributed by atoms with E-state index in [4.69, 9.17) is 0 Å². The van der Waals surface area contributed by atoms with Crippen molar-refractivity contribution in [2.45, 2.75) is 6.54 Å². The van der Waals surface area contributed by atoms with Gasteiger partial charge in [0.25, 0.3) is 5.69 Å². The van der Waals surface area contributed by atoms with Crippen LogP contribution in [-0.4, -0.2) is 59.1 Å². The van der Waals surface area contributed by atoms with Gasteiger partial charge < -0.3 is 9.47 Å². The van der Waals surface area contributed by atoms with Gasteiger partial charge in [0.1, 0.15) is 5.52 Å². The lowest BCUT2D eigenvalue weighted by Gasteiger charge is -2.32. The summed E-state index contributed by atoms with van der Waals surface area (Å²) in [5, 5.41) is 12.1. The van der Waals surface area contributed by atoms with Crippen LogP contribution in [0, 0.1) is 10.1 Å². The molecule has 1 saturated heterocycles. The van der Waals surface area contributed by atoms with E-state index < -0.39 is 0 Å². The fourth-order valence-electron chi connectivity index (χ4n) is 2.90. The van der Waals surface area contributed by atoms with Crippen LogP contribution in [0.4, 0.5) is 5.69 Å². The van der Waals surface area contributed by atoms with Crippen molar-refractivity contribution in [2.75, 3.05) is 39.8 Å². The predicted octanol–water partition coefficient (Wildman–Crippen LogP) is 1.80. The first-order chi connectivity index (χ1) is 10.1. The number of para-hydroxylation sites is 1. The minimum absolute atomic E-state index is 0.191. The van der Waals surface area contributed by atoms with Crippen molar-refractivity contribution < 1.29 is 4.92 Å². The summed E-state index contributed by atoms with van der Waals surface area (Å²) in [5.41, 5.74) is 0.924. The lowest BCUT2D eigenvalue weighted by Crippen LogP contribution is -2.45. The number of likely N-dealkylation sites (N-methyl/N-ethyl adjacent to an activating group) is 1. The van der Waals surface area contributed by atoms with Crippen LogP contribution in [0.2, 0.25) is 0 Å². The lowest BCUT2D eigenvalue weighted by atomic mass is 10.2. The lowest BCUT2D eigenvalue weighted by molar-refractivity contribution is -0.383. The van der Waals surface area contributed by atoms with E-state index in [1.54, 1.807) is 12.1 Å². The number of benzene rings is 1. The van der Waals surface area contributed by atoms with Gasteiger partial charge in [-0.05, 0) is 13.1 Å². The second-order valence-corrected chi connectivity index (χ2v) is 5.63. The SMILES string of the molecule is CN1CCN(CCn2ccc3cccc([N+](=O)[O-])c32)CC1. The smallest absolute Gasteiger partial charge is 0.293 e. The van der Waals surface area contributed by atoms with Gasteiger partial charge in [-0.25, -0.2) is 0 Å². The van der Waals surface area contributed by atoms with Crippen LogP contribution in [0.25, 0.3) is 10.9 Å². The summed E-state index contributed by atoms with van der Waals surface area (Å²) < 4.78 is 2.01. The summed E-state index contributed by atoms with van der Waals surface area (Å²) in [7, 11) is 2.14. The van der Waals surface area contributed by atoms with Gasteiger partial charge in [-0.3, -0.25) is 15.0 Å². The maximum atomic E-state index is 11.2. The third-order valence-electron chi connectivity index (χ3n) is 4.22. The molecule has 0 aliphatic carbocycles. The number of rotatable bonds is 4.